The van der Waals surface area contributed by atoms with Crippen LogP contribution in [0.5, 0.6) is 5.75 Å². The molecular weight excluding hydrogens is 412 g/mol. The van der Waals surface area contributed by atoms with E-state index in [0.717, 1.165) is 73.6 Å². The van der Waals surface area contributed by atoms with Crippen LogP contribution in [-0.2, 0) is 6.42 Å². The molecule has 33 heavy (non-hydrogen) atoms. The van der Waals surface area contributed by atoms with Crippen molar-refractivity contribution < 1.29 is 9.53 Å². The molecular formula is C27H34N4O2. The van der Waals surface area contributed by atoms with E-state index < -0.39 is 0 Å². The number of fused-ring (bicyclic) bond motifs is 1. The molecule has 0 bridgehead atoms. The molecule has 0 atom stereocenters. The first-order chi connectivity index (χ1) is 15.9. The fourth-order valence-electron chi connectivity index (χ4n) is 4.63. The van der Waals surface area contributed by atoms with Gasteiger partial charge in [0.2, 0.25) is 0 Å². The predicted octanol–water partition coefficient (Wildman–Crippen LogP) is 4.28. The fraction of sp³-hybridized carbons (Fsp3) is 0.444. The smallest absolute Gasteiger partial charge is 0.253 e. The number of rotatable bonds is 7. The predicted molar refractivity (Wildman–Crippen MR) is 132 cm³/mol. The van der Waals surface area contributed by atoms with Gasteiger partial charge in [-0.2, -0.15) is 0 Å². The lowest BCUT2D eigenvalue weighted by atomic mass is 9.95. The molecule has 3 aromatic rings. The van der Waals surface area contributed by atoms with Crippen LogP contribution < -0.4 is 4.74 Å². The number of para-hydroxylation sites is 1. The van der Waals surface area contributed by atoms with Crippen molar-refractivity contribution in [1.29, 1.82) is 0 Å². The zero-order chi connectivity index (χ0) is 23.4. The summed E-state index contributed by atoms with van der Waals surface area (Å²) < 4.78 is 5.48. The minimum Gasteiger partial charge on any atom is -0.496 e. The van der Waals surface area contributed by atoms with Gasteiger partial charge >= 0.3 is 0 Å². The lowest BCUT2D eigenvalue weighted by Gasteiger charge is -2.34. The third kappa shape index (κ3) is 5.50. The Morgan fingerprint density at radius 2 is 1.76 bits per heavy atom. The number of hydrogen-bond acceptors (Lipinski definition) is 5. The number of amides is 1. The third-order valence-corrected chi connectivity index (χ3v) is 6.80. The topological polar surface area (TPSA) is 58.6 Å². The highest BCUT2D eigenvalue weighted by molar-refractivity contribution is 5.97. The van der Waals surface area contributed by atoms with Gasteiger partial charge in [-0.15, -0.1) is 0 Å². The van der Waals surface area contributed by atoms with E-state index in [4.69, 9.17) is 4.74 Å². The van der Waals surface area contributed by atoms with Crippen LogP contribution in [0.3, 0.4) is 0 Å². The molecule has 2 heterocycles. The monoisotopic (exact) mass is 446 g/mol. The Kier molecular flexibility index (Phi) is 7.23. The van der Waals surface area contributed by atoms with Crippen LogP contribution in [0.2, 0.25) is 0 Å². The number of ether oxygens (including phenoxy) is 1. The summed E-state index contributed by atoms with van der Waals surface area (Å²) in [5.74, 6) is 1.56. The summed E-state index contributed by atoms with van der Waals surface area (Å²) in [6, 6.07) is 13.9. The lowest BCUT2D eigenvalue weighted by Crippen LogP contribution is -2.40. The van der Waals surface area contributed by atoms with E-state index in [9.17, 15) is 4.79 Å². The average Bonchev–Trinajstić information content (AvgIpc) is 2.83. The third-order valence-electron chi connectivity index (χ3n) is 6.80. The number of aromatic nitrogens is 2. The Hall–Kier alpha value is -2.99. The zero-order valence-corrected chi connectivity index (χ0v) is 20.2. The van der Waals surface area contributed by atoms with Gasteiger partial charge in [0, 0.05) is 25.7 Å². The van der Waals surface area contributed by atoms with Gasteiger partial charge in [0.15, 0.2) is 0 Å². The maximum absolute atomic E-state index is 13.1. The van der Waals surface area contributed by atoms with Gasteiger partial charge in [0.1, 0.15) is 5.75 Å². The maximum atomic E-state index is 13.1. The van der Waals surface area contributed by atoms with Gasteiger partial charge in [-0.25, -0.2) is 9.97 Å². The molecule has 1 amide bonds. The van der Waals surface area contributed by atoms with Gasteiger partial charge in [-0.1, -0.05) is 18.2 Å². The number of methoxy groups -OCH3 is 1. The maximum Gasteiger partial charge on any atom is 0.253 e. The van der Waals surface area contributed by atoms with Crippen LogP contribution in [0, 0.1) is 19.8 Å². The molecule has 1 aliphatic heterocycles. The normalized spacial score (nSPS) is 15.0. The van der Waals surface area contributed by atoms with E-state index in [1.54, 1.807) is 7.11 Å². The molecule has 1 aromatic heterocycles. The molecule has 6 nitrogen and oxygen atoms in total. The van der Waals surface area contributed by atoms with Crippen molar-refractivity contribution in [1.82, 2.24) is 19.8 Å². The second-order valence-corrected chi connectivity index (χ2v) is 9.13. The number of piperidine rings is 1. The van der Waals surface area contributed by atoms with E-state index in [1.807, 2.05) is 56.1 Å². The molecule has 0 aliphatic carbocycles. The van der Waals surface area contributed by atoms with E-state index in [2.05, 4.69) is 27.0 Å². The molecule has 2 aromatic carbocycles. The minimum atomic E-state index is 0.0514. The summed E-state index contributed by atoms with van der Waals surface area (Å²) in [7, 11) is 3.64. The van der Waals surface area contributed by atoms with Crippen LogP contribution in [0.1, 0.15) is 40.2 Å². The number of nitrogens with zero attached hydrogens (tertiary/aromatic N) is 4. The van der Waals surface area contributed by atoms with Gasteiger partial charge in [0.25, 0.3) is 5.91 Å². The van der Waals surface area contributed by atoms with Gasteiger partial charge < -0.3 is 14.5 Å². The minimum absolute atomic E-state index is 0.0514. The van der Waals surface area contributed by atoms with Crippen molar-refractivity contribution in [3.63, 3.8) is 0 Å². The van der Waals surface area contributed by atoms with Crippen LogP contribution in [-0.4, -0.2) is 66.0 Å². The molecule has 1 saturated heterocycles. The average molecular weight is 447 g/mol. The quantitative estimate of drug-likeness (QED) is 0.542. The highest BCUT2D eigenvalue weighted by Gasteiger charge is 2.23. The summed E-state index contributed by atoms with van der Waals surface area (Å²) >= 11 is 0. The van der Waals surface area contributed by atoms with Crippen molar-refractivity contribution in [2.45, 2.75) is 33.1 Å². The Balaban J connectivity index is 1.29. The molecule has 174 valence electrons. The molecule has 0 spiro atoms. The van der Waals surface area contributed by atoms with E-state index in [1.165, 1.54) is 5.56 Å². The lowest BCUT2D eigenvalue weighted by molar-refractivity contribution is 0.0740. The Morgan fingerprint density at radius 3 is 2.48 bits per heavy atom. The number of carbonyl (C=O) groups excluding carboxylic acids is 1. The van der Waals surface area contributed by atoms with Crippen LogP contribution in [0.15, 0.2) is 42.5 Å². The molecule has 0 unspecified atom stereocenters. The molecule has 0 radical (unpaired) electrons. The molecule has 6 heteroatoms. The first-order valence-corrected chi connectivity index (χ1v) is 11.8. The number of hydrogen-bond donors (Lipinski definition) is 0. The second-order valence-electron chi connectivity index (χ2n) is 9.13. The number of benzene rings is 2. The summed E-state index contributed by atoms with van der Waals surface area (Å²) in [4.78, 5) is 26.6. The first-order valence-electron chi connectivity index (χ1n) is 11.8. The summed E-state index contributed by atoms with van der Waals surface area (Å²) in [6.45, 7) is 7.89. The molecule has 4 rings (SSSR count). The zero-order valence-electron chi connectivity index (χ0n) is 20.2. The van der Waals surface area contributed by atoms with Crippen molar-refractivity contribution in [3.8, 4) is 5.75 Å². The number of aryl methyl sites for hydroxylation is 2. The standard InChI is InChI=1S/C27H34N4O2/c1-19-20(2)29-25-17-23(9-10-24(25)28-19)27(32)30(3)18-21-11-14-31(15-12-21)16-13-22-7-5-6-8-26(22)33-4/h5-10,17,21H,11-16,18H2,1-4H3. The molecule has 1 fully saturated rings. The van der Waals surface area contributed by atoms with E-state index in [-0.39, 0.29) is 5.91 Å². The van der Waals surface area contributed by atoms with Crippen LogP contribution >= 0.6 is 0 Å². The van der Waals surface area contributed by atoms with E-state index in [0.29, 0.717) is 11.5 Å². The first kappa shape index (κ1) is 23.2. The van der Waals surface area contributed by atoms with Gasteiger partial charge in [-0.05, 0) is 81.9 Å². The van der Waals surface area contributed by atoms with Crippen molar-refractivity contribution in [2.75, 3.05) is 40.3 Å². The summed E-state index contributed by atoms with van der Waals surface area (Å²) in [6.07, 6.45) is 3.23. The summed E-state index contributed by atoms with van der Waals surface area (Å²) in [5.41, 5.74) is 5.37. The Bertz CT molecular complexity index is 1120. The van der Waals surface area contributed by atoms with Gasteiger partial charge in [-0.3, -0.25) is 4.79 Å². The Morgan fingerprint density at radius 1 is 1.06 bits per heavy atom. The fourth-order valence-corrected chi connectivity index (χ4v) is 4.63. The Labute approximate surface area is 196 Å². The second kappa shape index (κ2) is 10.3. The molecule has 0 N–H and O–H groups in total. The van der Waals surface area contributed by atoms with Crippen molar-refractivity contribution >= 4 is 16.9 Å². The van der Waals surface area contributed by atoms with Crippen LogP contribution in [0.25, 0.3) is 11.0 Å². The SMILES string of the molecule is COc1ccccc1CCN1CCC(CN(C)C(=O)c2ccc3nc(C)c(C)nc3c2)CC1. The number of likely N-dealkylation sites (tertiary alicyclic amines) is 1. The highest BCUT2D eigenvalue weighted by Crippen LogP contribution is 2.22. The van der Waals surface area contributed by atoms with Crippen molar-refractivity contribution in [3.05, 3.63) is 65.0 Å². The summed E-state index contributed by atoms with van der Waals surface area (Å²) in [5, 5.41) is 0. The van der Waals surface area contributed by atoms with Crippen LogP contribution in [0.4, 0.5) is 0 Å². The molecule has 0 saturated carbocycles. The van der Waals surface area contributed by atoms with Gasteiger partial charge in [0.05, 0.1) is 29.5 Å². The largest absolute Gasteiger partial charge is 0.496 e. The van der Waals surface area contributed by atoms with E-state index >= 15 is 0 Å². The number of carbonyl (C=O) groups is 1. The van der Waals surface area contributed by atoms with Crippen molar-refractivity contribution in [2.24, 2.45) is 5.92 Å². The molecule has 1 aliphatic rings. The highest BCUT2D eigenvalue weighted by atomic mass is 16.5.